The summed E-state index contributed by atoms with van der Waals surface area (Å²) in [6, 6.07) is 4.08. The van der Waals surface area contributed by atoms with Crippen molar-refractivity contribution < 1.29 is 18.5 Å². The molecule has 0 bridgehead atoms. The third-order valence-corrected chi connectivity index (χ3v) is 4.45. The number of rotatable bonds is 5. The highest BCUT2D eigenvalue weighted by molar-refractivity contribution is 6.56. The quantitative estimate of drug-likeness (QED) is 0.670. The second kappa shape index (κ2) is 6.55. The lowest BCUT2D eigenvalue weighted by Gasteiger charge is -2.32. The lowest BCUT2D eigenvalue weighted by Crippen LogP contribution is -2.41. The largest absolute Gasteiger partial charge is 0.491 e. The van der Waals surface area contributed by atoms with Crippen LogP contribution in [0, 0.1) is 5.82 Å². The van der Waals surface area contributed by atoms with Crippen LogP contribution < -0.4 is 5.32 Å². The molecule has 124 valence electrons. The Morgan fingerprint density at radius 2 is 1.83 bits per heavy atom. The summed E-state index contributed by atoms with van der Waals surface area (Å²) in [5.41, 5.74) is 0.830. The number of halogens is 1. The van der Waals surface area contributed by atoms with Crippen molar-refractivity contribution in [3.05, 3.63) is 40.6 Å². The molecule has 1 aliphatic heterocycles. The van der Waals surface area contributed by atoms with Gasteiger partial charge >= 0.3 is 7.12 Å². The highest BCUT2D eigenvalue weighted by atomic mass is 19.1. The summed E-state index contributed by atoms with van der Waals surface area (Å²) in [5.74, 6) is -0.389. The van der Waals surface area contributed by atoms with E-state index in [0.29, 0.717) is 24.0 Å². The molecule has 1 N–H and O–H groups in total. The Kier molecular flexibility index (Phi) is 5.09. The van der Waals surface area contributed by atoms with E-state index in [4.69, 9.17) is 9.31 Å². The number of hydrogen-bond donors (Lipinski definition) is 1. The maximum atomic E-state index is 13.5. The molecule has 4 nitrogen and oxygen atoms in total. The van der Waals surface area contributed by atoms with Gasteiger partial charge in [-0.2, -0.15) is 0 Å². The fourth-order valence-corrected chi connectivity index (χ4v) is 2.38. The maximum absolute atomic E-state index is 13.5. The Bertz CT molecular complexity index is 612. The molecule has 1 fully saturated rings. The van der Waals surface area contributed by atoms with Crippen LogP contribution in [-0.4, -0.2) is 38.2 Å². The van der Waals surface area contributed by atoms with Gasteiger partial charge in [0.15, 0.2) is 6.29 Å². The summed E-state index contributed by atoms with van der Waals surface area (Å²) in [4.78, 5) is 11.2. The predicted molar refractivity (Wildman–Crippen MR) is 89.8 cm³/mol. The molecule has 0 spiro atoms. The van der Waals surface area contributed by atoms with Gasteiger partial charge in [-0.25, -0.2) is 4.39 Å². The number of benzene rings is 1. The number of aldehydes is 1. The van der Waals surface area contributed by atoms with Crippen LogP contribution in [0.25, 0.3) is 6.08 Å². The predicted octanol–water partition coefficient (Wildman–Crippen LogP) is 2.87. The van der Waals surface area contributed by atoms with E-state index in [2.05, 4.69) is 5.32 Å². The van der Waals surface area contributed by atoms with Crippen LogP contribution in [0.2, 0.25) is 0 Å². The minimum atomic E-state index is -0.546. The topological polar surface area (TPSA) is 47.6 Å². The van der Waals surface area contributed by atoms with Gasteiger partial charge in [-0.15, -0.1) is 0 Å². The van der Waals surface area contributed by atoms with E-state index < -0.39 is 18.3 Å². The summed E-state index contributed by atoms with van der Waals surface area (Å²) in [5, 5.41) is 3.06. The molecule has 0 aliphatic carbocycles. The molecule has 1 heterocycles. The molecule has 0 amide bonds. The number of likely N-dealkylation sites (N-methyl/N-ethyl adjacent to an activating group) is 1. The van der Waals surface area contributed by atoms with E-state index >= 15 is 0 Å². The van der Waals surface area contributed by atoms with Crippen molar-refractivity contribution in [1.29, 1.82) is 0 Å². The summed E-state index contributed by atoms with van der Waals surface area (Å²) in [6.07, 6.45) is 2.47. The maximum Gasteiger partial charge on any atom is 0.491 e. The van der Waals surface area contributed by atoms with Gasteiger partial charge < -0.3 is 14.6 Å². The first kappa shape index (κ1) is 17.9. The second-order valence-corrected chi connectivity index (χ2v) is 6.73. The van der Waals surface area contributed by atoms with Crippen LogP contribution in [-0.2, 0) is 9.31 Å². The molecule has 23 heavy (non-hydrogen) atoms. The van der Waals surface area contributed by atoms with E-state index in [0.717, 1.165) is 5.47 Å². The number of carbonyl (C=O) groups excluding carboxylic acids is 1. The highest BCUT2D eigenvalue weighted by Gasteiger charge is 2.52. The van der Waals surface area contributed by atoms with Crippen molar-refractivity contribution in [3.8, 4) is 0 Å². The lowest BCUT2D eigenvalue weighted by molar-refractivity contribution is 0.00578. The van der Waals surface area contributed by atoms with Gasteiger partial charge in [0.2, 0.25) is 0 Å². The van der Waals surface area contributed by atoms with Crippen molar-refractivity contribution in [1.82, 2.24) is 5.32 Å². The Morgan fingerprint density at radius 1 is 1.22 bits per heavy atom. The normalized spacial score (nSPS) is 19.9. The van der Waals surface area contributed by atoms with Gasteiger partial charge in [-0.1, -0.05) is 6.08 Å². The molecule has 6 heteroatoms. The molecule has 1 aromatic carbocycles. The average molecular weight is 319 g/mol. The van der Waals surface area contributed by atoms with Crippen LogP contribution in [0.4, 0.5) is 4.39 Å². The number of hydrogen-bond acceptors (Lipinski definition) is 4. The van der Waals surface area contributed by atoms with E-state index in [1.165, 1.54) is 18.2 Å². The molecular formula is C17H23BFNO3. The van der Waals surface area contributed by atoms with E-state index in [1.807, 2.05) is 34.7 Å². The Morgan fingerprint density at radius 3 is 2.35 bits per heavy atom. The first-order valence-electron chi connectivity index (χ1n) is 7.65. The van der Waals surface area contributed by atoms with Gasteiger partial charge in [0.1, 0.15) is 5.82 Å². The van der Waals surface area contributed by atoms with Gasteiger partial charge in [-0.05, 0) is 64.0 Å². The minimum Gasteiger partial charge on any atom is -0.400 e. The molecule has 1 aromatic rings. The Balaban J connectivity index is 2.40. The van der Waals surface area contributed by atoms with Gasteiger partial charge in [0, 0.05) is 12.1 Å². The molecule has 1 saturated heterocycles. The summed E-state index contributed by atoms with van der Waals surface area (Å²) >= 11 is 0. The molecule has 0 radical (unpaired) electrons. The molecular weight excluding hydrogens is 296 g/mol. The summed E-state index contributed by atoms with van der Waals surface area (Å²) in [7, 11) is 1.26. The van der Waals surface area contributed by atoms with E-state index in [1.54, 1.807) is 6.08 Å². The number of carbonyl (C=O) groups is 1. The van der Waals surface area contributed by atoms with Crippen molar-refractivity contribution in [2.45, 2.75) is 38.9 Å². The van der Waals surface area contributed by atoms with Crippen LogP contribution in [0.1, 0.15) is 43.6 Å². The zero-order valence-electron chi connectivity index (χ0n) is 14.3. The van der Waals surface area contributed by atoms with Crippen molar-refractivity contribution >= 4 is 19.5 Å². The number of nitrogens with one attached hydrogen (secondary N) is 1. The van der Waals surface area contributed by atoms with Crippen molar-refractivity contribution in [2.24, 2.45) is 0 Å². The van der Waals surface area contributed by atoms with Crippen LogP contribution >= 0.6 is 0 Å². The second-order valence-electron chi connectivity index (χ2n) is 6.73. The lowest BCUT2D eigenvalue weighted by atomic mass is 9.76. The monoisotopic (exact) mass is 319 g/mol. The Hall–Kier alpha value is -1.50. The average Bonchev–Trinajstić information content (AvgIpc) is 2.67. The van der Waals surface area contributed by atoms with Crippen LogP contribution in [0.3, 0.4) is 0 Å². The molecule has 0 saturated carbocycles. The SMILES string of the molecule is CNCC(=Cc1cc(F)ccc1C=O)B1OC(C)(C)C(C)(C)O1. The molecule has 2 rings (SSSR count). The zero-order valence-corrected chi connectivity index (χ0v) is 14.3. The first-order valence-corrected chi connectivity index (χ1v) is 7.65. The summed E-state index contributed by atoms with van der Waals surface area (Å²) in [6.45, 7) is 8.41. The van der Waals surface area contributed by atoms with Gasteiger partial charge in [0.25, 0.3) is 0 Å². The fourth-order valence-electron chi connectivity index (χ4n) is 2.38. The molecule has 1 aliphatic rings. The Labute approximate surface area is 137 Å². The molecule has 0 aromatic heterocycles. The minimum absolute atomic E-state index is 0.389. The van der Waals surface area contributed by atoms with Crippen LogP contribution in [0.15, 0.2) is 23.7 Å². The molecule has 0 unspecified atom stereocenters. The van der Waals surface area contributed by atoms with Gasteiger partial charge in [0.05, 0.1) is 11.2 Å². The van der Waals surface area contributed by atoms with E-state index in [-0.39, 0.29) is 5.82 Å². The highest BCUT2D eigenvalue weighted by Crippen LogP contribution is 2.38. The molecule has 0 atom stereocenters. The first-order chi connectivity index (χ1) is 10.7. The van der Waals surface area contributed by atoms with Gasteiger partial charge in [-0.3, -0.25) is 4.79 Å². The van der Waals surface area contributed by atoms with Crippen LogP contribution in [0.5, 0.6) is 0 Å². The van der Waals surface area contributed by atoms with Crippen molar-refractivity contribution in [3.63, 3.8) is 0 Å². The van der Waals surface area contributed by atoms with Crippen molar-refractivity contribution in [2.75, 3.05) is 13.6 Å². The fraction of sp³-hybridized carbons (Fsp3) is 0.471. The standard InChI is InChI=1S/C17H23BFNO3/c1-16(2)17(3,4)23-18(22-16)14(10-20-5)8-13-9-15(19)7-6-12(13)11-21/h6-9,11,20H,10H2,1-5H3. The smallest absolute Gasteiger partial charge is 0.400 e. The summed E-state index contributed by atoms with van der Waals surface area (Å²) < 4.78 is 25.6. The zero-order chi connectivity index (χ0) is 17.3. The third kappa shape index (κ3) is 3.71. The third-order valence-electron chi connectivity index (χ3n) is 4.45. The van der Waals surface area contributed by atoms with E-state index in [9.17, 15) is 9.18 Å².